The fourth-order valence-corrected chi connectivity index (χ4v) is 2.79. The molecule has 3 rings (SSSR count). The minimum atomic E-state index is -0.641. The van der Waals surface area contributed by atoms with Crippen LogP contribution >= 0.6 is 0 Å². The molecule has 1 aliphatic rings. The van der Waals surface area contributed by atoms with Crippen molar-refractivity contribution in [1.29, 1.82) is 0 Å². The van der Waals surface area contributed by atoms with E-state index in [0.717, 1.165) is 35.6 Å². The highest BCUT2D eigenvalue weighted by atomic mass is 16.6. The Hall–Kier alpha value is -3.21. The molecule has 5 heteroatoms. The molecule has 1 heterocycles. The van der Waals surface area contributed by atoms with Crippen molar-refractivity contribution in [3.63, 3.8) is 0 Å². The summed E-state index contributed by atoms with van der Waals surface area (Å²) in [7, 11) is 2.07. The van der Waals surface area contributed by atoms with E-state index in [1.807, 2.05) is 36.4 Å². The van der Waals surface area contributed by atoms with Gasteiger partial charge in [0.1, 0.15) is 0 Å². The molecular formula is C21H20N2O3. The summed E-state index contributed by atoms with van der Waals surface area (Å²) in [6.45, 7) is 2.82. The second-order valence-electron chi connectivity index (χ2n) is 6.04. The number of allylic oxidation sites excluding steroid dienone is 1. The number of likely N-dealkylation sites (N-methyl/N-ethyl adjacent to an activating group) is 1. The molecule has 2 aromatic carbocycles. The number of carbonyl (C=O) groups excluding carboxylic acids is 2. The van der Waals surface area contributed by atoms with E-state index in [2.05, 4.69) is 33.8 Å². The molecule has 0 amide bonds. The number of rotatable bonds is 3. The fraction of sp³-hybridized carbons (Fsp3) is 0.190. The molecule has 0 aliphatic carbocycles. The Morgan fingerprint density at radius 1 is 1.08 bits per heavy atom. The number of fused-ring (bicyclic) bond motifs is 1. The van der Waals surface area contributed by atoms with Crippen molar-refractivity contribution in [2.45, 2.75) is 6.92 Å². The van der Waals surface area contributed by atoms with Gasteiger partial charge >= 0.3 is 11.9 Å². The Balaban J connectivity index is 1.80. The maximum atomic E-state index is 11.7. The summed E-state index contributed by atoms with van der Waals surface area (Å²) in [5.74, 6) is -1.26. The summed E-state index contributed by atoms with van der Waals surface area (Å²) in [5.41, 5.74) is 4.48. The lowest BCUT2D eigenvalue weighted by atomic mass is 10.1. The average Bonchev–Trinajstić information content (AvgIpc) is 2.79. The highest BCUT2D eigenvalue weighted by molar-refractivity contribution is 6.14. The van der Waals surface area contributed by atoms with Crippen LogP contribution in [0.3, 0.4) is 0 Å². The number of para-hydroxylation sites is 1. The quantitative estimate of drug-likeness (QED) is 0.630. The lowest BCUT2D eigenvalue weighted by Crippen LogP contribution is -2.20. The minimum absolute atomic E-state index is 0.344. The number of hydrogen-bond acceptors (Lipinski definition) is 5. The van der Waals surface area contributed by atoms with E-state index >= 15 is 0 Å². The number of benzodiazepines with no additional fused rings is 1. The maximum Gasteiger partial charge on any atom is 0.345 e. The van der Waals surface area contributed by atoms with E-state index in [1.54, 1.807) is 12.1 Å². The topological polar surface area (TPSA) is 59.0 Å². The number of benzene rings is 2. The molecule has 1 aliphatic heterocycles. The first-order valence-corrected chi connectivity index (χ1v) is 8.40. The zero-order valence-electron chi connectivity index (χ0n) is 14.8. The predicted molar refractivity (Wildman–Crippen MR) is 103 cm³/mol. The molecule has 0 radical (unpaired) electrons. The van der Waals surface area contributed by atoms with Gasteiger partial charge in [-0.25, -0.2) is 4.79 Å². The maximum absolute atomic E-state index is 11.7. The summed E-state index contributed by atoms with van der Waals surface area (Å²) < 4.78 is 4.57. The van der Waals surface area contributed by atoms with Crippen molar-refractivity contribution in [3.05, 3.63) is 71.3 Å². The second kappa shape index (κ2) is 7.78. The third-order valence-corrected chi connectivity index (χ3v) is 4.13. The largest absolute Gasteiger partial charge is 0.390 e. The van der Waals surface area contributed by atoms with Gasteiger partial charge in [-0.1, -0.05) is 36.4 Å². The van der Waals surface area contributed by atoms with Gasteiger partial charge in [0.25, 0.3) is 0 Å². The number of hydrogen-bond donors (Lipinski definition) is 0. The lowest BCUT2D eigenvalue weighted by molar-refractivity contribution is -0.135. The summed E-state index contributed by atoms with van der Waals surface area (Å²) >= 11 is 0. The molecule has 0 bridgehead atoms. The molecule has 0 unspecified atom stereocenters. The molecule has 0 saturated heterocycles. The van der Waals surface area contributed by atoms with Crippen LogP contribution in [-0.2, 0) is 9.53 Å². The van der Waals surface area contributed by atoms with Crippen molar-refractivity contribution < 1.29 is 14.3 Å². The molecular weight excluding hydrogens is 328 g/mol. The Kier molecular flexibility index (Phi) is 5.27. The summed E-state index contributed by atoms with van der Waals surface area (Å²) in [5, 5.41) is 0. The normalized spacial score (nSPS) is 13.8. The third-order valence-electron chi connectivity index (χ3n) is 4.13. The first-order valence-electron chi connectivity index (χ1n) is 8.40. The van der Waals surface area contributed by atoms with Gasteiger partial charge in [-0.3, -0.25) is 9.79 Å². The minimum Gasteiger partial charge on any atom is -0.390 e. The molecule has 0 saturated carbocycles. The number of esters is 2. The molecule has 0 fully saturated rings. The van der Waals surface area contributed by atoms with Gasteiger partial charge < -0.3 is 9.64 Å². The predicted octanol–water partition coefficient (Wildman–Crippen LogP) is 3.34. The van der Waals surface area contributed by atoms with Crippen molar-refractivity contribution in [1.82, 2.24) is 0 Å². The monoisotopic (exact) mass is 348 g/mol. The molecule has 26 heavy (non-hydrogen) atoms. The first-order chi connectivity index (χ1) is 12.5. The van der Waals surface area contributed by atoms with Crippen molar-refractivity contribution in [2.24, 2.45) is 4.99 Å². The fourth-order valence-electron chi connectivity index (χ4n) is 2.79. The molecule has 0 atom stereocenters. The van der Waals surface area contributed by atoms with Crippen LogP contribution in [0, 0.1) is 0 Å². The molecule has 132 valence electrons. The van der Waals surface area contributed by atoms with Gasteiger partial charge in [-0.05, 0) is 29.8 Å². The molecule has 0 N–H and O–H groups in total. The Morgan fingerprint density at radius 3 is 2.54 bits per heavy atom. The van der Waals surface area contributed by atoms with Crippen molar-refractivity contribution in [2.75, 3.05) is 25.0 Å². The number of carbonyl (C=O) groups is 2. The van der Waals surface area contributed by atoms with Crippen LogP contribution in [0.25, 0.3) is 6.08 Å². The Morgan fingerprint density at radius 2 is 1.81 bits per heavy atom. The van der Waals surface area contributed by atoms with E-state index < -0.39 is 11.9 Å². The van der Waals surface area contributed by atoms with E-state index in [9.17, 15) is 9.59 Å². The van der Waals surface area contributed by atoms with Crippen molar-refractivity contribution >= 4 is 29.4 Å². The van der Waals surface area contributed by atoms with Crippen LogP contribution in [0.1, 0.15) is 28.4 Å². The second-order valence-corrected chi connectivity index (χ2v) is 6.04. The summed E-state index contributed by atoms with van der Waals surface area (Å²) in [4.78, 5) is 29.4. The van der Waals surface area contributed by atoms with E-state index in [-0.39, 0.29) is 0 Å². The standard InChI is InChI=1S/C21H20N2O3/c1-15(24)26-21(25)17-10-7-16(8-11-17)9-12-19-18-5-3-4-6-20(18)23(2)14-13-22-19/h3-12H,13-14H2,1-2H3/b12-9+. The van der Waals surface area contributed by atoms with Gasteiger partial charge in [-0.2, -0.15) is 0 Å². The van der Waals surface area contributed by atoms with Crippen LogP contribution in [0.2, 0.25) is 0 Å². The summed E-state index contributed by atoms with van der Waals surface area (Å²) in [6, 6.07) is 15.1. The van der Waals surface area contributed by atoms with Crippen LogP contribution in [0.5, 0.6) is 0 Å². The SMILES string of the molecule is CC(=O)OC(=O)c1ccc(/C=C/C2=NCCN(C)c3ccccc32)cc1. The lowest BCUT2D eigenvalue weighted by Gasteiger charge is -2.18. The van der Waals surface area contributed by atoms with Gasteiger partial charge in [0.05, 0.1) is 17.8 Å². The first kappa shape index (κ1) is 17.6. The van der Waals surface area contributed by atoms with Crippen LogP contribution in [0.4, 0.5) is 5.69 Å². The van der Waals surface area contributed by atoms with Gasteiger partial charge in [0.2, 0.25) is 0 Å². The third kappa shape index (κ3) is 4.06. The van der Waals surface area contributed by atoms with Gasteiger partial charge in [-0.15, -0.1) is 0 Å². The summed E-state index contributed by atoms with van der Waals surface area (Å²) in [6.07, 6.45) is 3.95. The number of ether oxygens (including phenoxy) is 1. The van der Waals surface area contributed by atoms with Gasteiger partial charge in [0.15, 0.2) is 0 Å². The highest BCUT2D eigenvalue weighted by Crippen LogP contribution is 2.23. The highest BCUT2D eigenvalue weighted by Gasteiger charge is 2.13. The molecule has 0 aromatic heterocycles. The number of aliphatic imine (C=N–C) groups is 1. The zero-order chi connectivity index (χ0) is 18.5. The van der Waals surface area contributed by atoms with E-state index in [4.69, 9.17) is 0 Å². The van der Waals surface area contributed by atoms with Crippen LogP contribution in [-0.4, -0.2) is 37.8 Å². The van der Waals surface area contributed by atoms with Crippen LogP contribution in [0.15, 0.2) is 59.6 Å². The average molecular weight is 348 g/mol. The molecule has 2 aromatic rings. The van der Waals surface area contributed by atoms with E-state index in [1.165, 1.54) is 6.92 Å². The Labute approximate surface area is 152 Å². The molecule has 0 spiro atoms. The van der Waals surface area contributed by atoms with E-state index in [0.29, 0.717) is 5.56 Å². The van der Waals surface area contributed by atoms with Crippen LogP contribution < -0.4 is 4.90 Å². The zero-order valence-corrected chi connectivity index (χ0v) is 14.8. The van der Waals surface area contributed by atoms with Crippen molar-refractivity contribution in [3.8, 4) is 0 Å². The van der Waals surface area contributed by atoms with Gasteiger partial charge in [0, 0.05) is 31.8 Å². The number of anilines is 1. The Bertz CT molecular complexity index is 882. The number of nitrogens with zero attached hydrogens (tertiary/aromatic N) is 2. The molecule has 5 nitrogen and oxygen atoms in total. The smallest absolute Gasteiger partial charge is 0.345 e.